The minimum atomic E-state index is -0.770. The Hall–Kier alpha value is -3.29. The van der Waals surface area contributed by atoms with Crippen LogP contribution in [0.3, 0.4) is 0 Å². The van der Waals surface area contributed by atoms with Crippen LogP contribution in [0.25, 0.3) is 0 Å². The Morgan fingerprint density at radius 2 is 2.08 bits per heavy atom. The summed E-state index contributed by atoms with van der Waals surface area (Å²) in [6, 6.07) is 8.21. The zero-order valence-electron chi connectivity index (χ0n) is 13.9. The van der Waals surface area contributed by atoms with E-state index in [0.29, 0.717) is 6.54 Å². The highest BCUT2D eigenvalue weighted by Gasteiger charge is 2.21. The van der Waals surface area contributed by atoms with Crippen molar-refractivity contribution >= 4 is 17.5 Å². The summed E-state index contributed by atoms with van der Waals surface area (Å²) in [6.45, 7) is 1.93. The first-order valence-electron chi connectivity index (χ1n) is 7.57. The minimum Gasteiger partial charge on any atom is -0.341 e. The third-order valence-electron chi connectivity index (χ3n) is 3.56. The first-order chi connectivity index (χ1) is 11.9. The monoisotopic (exact) mass is 342 g/mol. The van der Waals surface area contributed by atoms with Gasteiger partial charge < -0.3 is 10.2 Å². The number of hydrogen-bond acceptors (Lipinski definition) is 5. The Kier molecular flexibility index (Phi) is 5.78. The van der Waals surface area contributed by atoms with Crippen LogP contribution in [0, 0.1) is 10.1 Å². The first-order valence-corrected chi connectivity index (χ1v) is 7.57. The molecule has 0 saturated carbocycles. The Balaban J connectivity index is 1.99. The number of benzene rings is 1. The van der Waals surface area contributed by atoms with Crippen LogP contribution in [0.5, 0.6) is 0 Å². The molecule has 0 aliphatic carbocycles. The zero-order valence-corrected chi connectivity index (χ0v) is 13.9. The highest BCUT2D eigenvalue weighted by molar-refractivity contribution is 5.97. The van der Waals surface area contributed by atoms with Crippen LogP contribution in [0.15, 0.2) is 48.8 Å². The summed E-state index contributed by atoms with van der Waals surface area (Å²) in [6.07, 6.45) is 3.31. The van der Waals surface area contributed by atoms with Crippen molar-refractivity contribution in [1.29, 1.82) is 0 Å². The van der Waals surface area contributed by atoms with E-state index in [2.05, 4.69) is 10.3 Å². The van der Waals surface area contributed by atoms with Crippen LogP contribution < -0.4 is 5.32 Å². The Bertz CT molecular complexity index is 779. The summed E-state index contributed by atoms with van der Waals surface area (Å²) in [5.41, 5.74) is 0.819. The first kappa shape index (κ1) is 18.1. The fourth-order valence-corrected chi connectivity index (χ4v) is 2.28. The predicted molar refractivity (Wildman–Crippen MR) is 90.7 cm³/mol. The number of nitrogens with one attached hydrogen (secondary N) is 1. The van der Waals surface area contributed by atoms with Crippen molar-refractivity contribution < 1.29 is 14.5 Å². The van der Waals surface area contributed by atoms with Crippen molar-refractivity contribution in [3.63, 3.8) is 0 Å². The molecule has 0 fully saturated rings. The van der Waals surface area contributed by atoms with E-state index in [1.807, 2.05) is 6.07 Å². The molecule has 1 aromatic heterocycles. The second-order valence-electron chi connectivity index (χ2n) is 5.56. The van der Waals surface area contributed by atoms with Crippen molar-refractivity contribution in [3.05, 3.63) is 70.0 Å². The number of amides is 2. The molecule has 25 heavy (non-hydrogen) atoms. The number of hydrogen-bond donors (Lipinski definition) is 1. The number of pyridine rings is 1. The van der Waals surface area contributed by atoms with Gasteiger partial charge in [-0.2, -0.15) is 0 Å². The molecule has 2 amide bonds. The van der Waals surface area contributed by atoms with Gasteiger partial charge in [0.25, 0.3) is 11.6 Å². The molecule has 0 saturated heterocycles. The van der Waals surface area contributed by atoms with E-state index in [0.717, 1.165) is 5.56 Å². The number of likely N-dealkylation sites (N-methyl/N-ethyl adjacent to an activating group) is 1. The van der Waals surface area contributed by atoms with Crippen LogP contribution in [0.4, 0.5) is 5.69 Å². The molecule has 8 heteroatoms. The van der Waals surface area contributed by atoms with E-state index in [1.165, 1.54) is 29.2 Å². The molecule has 0 bridgehead atoms. The second kappa shape index (κ2) is 8.00. The summed E-state index contributed by atoms with van der Waals surface area (Å²) in [7, 11) is 1.63. The lowest BCUT2D eigenvalue weighted by Gasteiger charge is -2.22. The highest BCUT2D eigenvalue weighted by atomic mass is 16.6. The number of aromatic nitrogens is 1. The summed E-state index contributed by atoms with van der Waals surface area (Å²) in [5, 5.41) is 13.3. The molecule has 1 N–H and O–H groups in total. The molecular weight excluding hydrogens is 324 g/mol. The van der Waals surface area contributed by atoms with Crippen molar-refractivity contribution in [2.75, 3.05) is 7.05 Å². The third-order valence-corrected chi connectivity index (χ3v) is 3.56. The molecular formula is C17H18N4O4. The smallest absolute Gasteiger partial charge is 0.270 e. The van der Waals surface area contributed by atoms with E-state index in [-0.39, 0.29) is 17.2 Å². The van der Waals surface area contributed by atoms with Crippen molar-refractivity contribution in [2.45, 2.75) is 19.5 Å². The molecule has 0 aliphatic heterocycles. The maximum Gasteiger partial charge on any atom is 0.270 e. The standard InChI is InChI=1S/C17H18N4O4/c1-12(17(23)20(2)11-13-5-4-8-18-10-13)19-16(22)14-6-3-7-15(9-14)21(24)25/h3-10,12H,11H2,1-2H3,(H,19,22). The lowest BCUT2D eigenvalue weighted by Crippen LogP contribution is -2.45. The number of carbonyl (C=O) groups is 2. The average molecular weight is 342 g/mol. The highest BCUT2D eigenvalue weighted by Crippen LogP contribution is 2.13. The van der Waals surface area contributed by atoms with Crippen LogP contribution in [0.2, 0.25) is 0 Å². The average Bonchev–Trinajstić information content (AvgIpc) is 2.61. The minimum absolute atomic E-state index is 0.128. The Labute approximate surface area is 144 Å². The lowest BCUT2D eigenvalue weighted by molar-refractivity contribution is -0.384. The van der Waals surface area contributed by atoms with Crippen molar-refractivity contribution in [2.24, 2.45) is 0 Å². The number of nitrogens with zero attached hydrogens (tertiary/aromatic N) is 3. The normalized spacial score (nSPS) is 11.4. The topological polar surface area (TPSA) is 105 Å². The number of rotatable bonds is 6. The van der Waals surface area contributed by atoms with Crippen LogP contribution in [0.1, 0.15) is 22.8 Å². The Morgan fingerprint density at radius 3 is 2.72 bits per heavy atom. The van der Waals surface area contributed by atoms with E-state index < -0.39 is 16.9 Å². The summed E-state index contributed by atoms with van der Waals surface area (Å²) >= 11 is 0. The third kappa shape index (κ3) is 4.84. The van der Waals surface area contributed by atoms with Gasteiger partial charge in [-0.3, -0.25) is 24.7 Å². The maximum absolute atomic E-state index is 12.4. The summed E-state index contributed by atoms with van der Waals surface area (Å²) in [5.74, 6) is -0.818. The van der Waals surface area contributed by atoms with Crippen LogP contribution >= 0.6 is 0 Å². The molecule has 0 spiro atoms. The van der Waals surface area contributed by atoms with Crippen LogP contribution in [-0.2, 0) is 11.3 Å². The molecule has 8 nitrogen and oxygen atoms in total. The van der Waals surface area contributed by atoms with Gasteiger partial charge in [-0.15, -0.1) is 0 Å². The van der Waals surface area contributed by atoms with Gasteiger partial charge in [0, 0.05) is 43.7 Å². The van der Waals surface area contributed by atoms with Gasteiger partial charge in [-0.25, -0.2) is 0 Å². The van der Waals surface area contributed by atoms with Gasteiger partial charge in [-0.05, 0) is 24.6 Å². The number of carbonyl (C=O) groups excluding carboxylic acids is 2. The second-order valence-corrected chi connectivity index (χ2v) is 5.56. The van der Waals surface area contributed by atoms with E-state index in [1.54, 1.807) is 32.4 Å². The SMILES string of the molecule is CC(NC(=O)c1cccc([N+](=O)[O-])c1)C(=O)N(C)Cc1cccnc1. The number of nitro groups is 1. The molecule has 1 heterocycles. The van der Waals surface area contributed by atoms with E-state index in [4.69, 9.17) is 0 Å². The molecule has 1 aromatic carbocycles. The molecule has 2 rings (SSSR count). The van der Waals surface area contributed by atoms with Crippen molar-refractivity contribution in [3.8, 4) is 0 Å². The molecule has 130 valence electrons. The lowest BCUT2D eigenvalue weighted by atomic mass is 10.1. The van der Waals surface area contributed by atoms with Gasteiger partial charge in [0.1, 0.15) is 6.04 Å². The zero-order chi connectivity index (χ0) is 18.4. The van der Waals surface area contributed by atoms with Gasteiger partial charge in [0.15, 0.2) is 0 Å². The Morgan fingerprint density at radius 1 is 1.32 bits per heavy atom. The number of nitro benzene ring substituents is 1. The molecule has 0 radical (unpaired) electrons. The fraction of sp³-hybridized carbons (Fsp3) is 0.235. The predicted octanol–water partition coefficient (Wildman–Crippen LogP) is 1.77. The van der Waals surface area contributed by atoms with Gasteiger partial charge in [0.2, 0.25) is 5.91 Å². The van der Waals surface area contributed by atoms with Crippen molar-refractivity contribution in [1.82, 2.24) is 15.2 Å². The van der Waals surface area contributed by atoms with E-state index >= 15 is 0 Å². The fourth-order valence-electron chi connectivity index (χ4n) is 2.28. The summed E-state index contributed by atoms with van der Waals surface area (Å²) < 4.78 is 0. The maximum atomic E-state index is 12.4. The molecule has 2 aromatic rings. The van der Waals surface area contributed by atoms with E-state index in [9.17, 15) is 19.7 Å². The molecule has 1 atom stereocenters. The largest absolute Gasteiger partial charge is 0.341 e. The van der Waals surface area contributed by atoms with Gasteiger partial charge >= 0.3 is 0 Å². The van der Waals surface area contributed by atoms with Gasteiger partial charge in [0.05, 0.1) is 4.92 Å². The quantitative estimate of drug-likeness (QED) is 0.636. The van der Waals surface area contributed by atoms with Gasteiger partial charge in [-0.1, -0.05) is 12.1 Å². The number of non-ortho nitro benzene ring substituents is 1. The van der Waals surface area contributed by atoms with Crippen LogP contribution in [-0.4, -0.2) is 39.7 Å². The molecule has 0 aliphatic rings. The summed E-state index contributed by atoms with van der Waals surface area (Å²) in [4.78, 5) is 40.2. The molecule has 1 unspecified atom stereocenters.